The Labute approximate surface area is 139 Å². The summed E-state index contributed by atoms with van der Waals surface area (Å²) in [4.78, 5) is 16.3. The van der Waals surface area contributed by atoms with Crippen LogP contribution in [-0.2, 0) is 4.79 Å². The molecule has 5 heteroatoms. The van der Waals surface area contributed by atoms with Gasteiger partial charge in [-0.1, -0.05) is 11.6 Å². The third-order valence-electron chi connectivity index (χ3n) is 4.24. The molecule has 1 N–H and O–H groups in total. The van der Waals surface area contributed by atoms with Crippen LogP contribution < -0.4 is 5.32 Å². The van der Waals surface area contributed by atoms with Crippen LogP contribution in [0.25, 0.3) is 0 Å². The van der Waals surface area contributed by atoms with Crippen molar-refractivity contribution in [3.63, 3.8) is 0 Å². The Morgan fingerprint density at radius 1 is 1.13 bits per heavy atom. The molecule has 2 aromatic rings. The van der Waals surface area contributed by atoms with Crippen LogP contribution in [0.5, 0.6) is 0 Å². The molecule has 0 aromatic heterocycles. The molecule has 0 radical (unpaired) electrons. The van der Waals surface area contributed by atoms with Gasteiger partial charge in [0.25, 0.3) is 0 Å². The summed E-state index contributed by atoms with van der Waals surface area (Å²) < 4.78 is 14.3. The summed E-state index contributed by atoms with van der Waals surface area (Å²) in [7, 11) is 0. The van der Waals surface area contributed by atoms with Gasteiger partial charge in [-0.25, -0.2) is 4.39 Å². The monoisotopic (exact) mass is 330 g/mol. The van der Waals surface area contributed by atoms with Crippen molar-refractivity contribution in [3.8, 4) is 0 Å². The SMILES string of the molecule is Cc1cc2c(c(C)c1C)NC(=O)CN=C2c1cc(Cl)ccc1F. The second-order valence-electron chi connectivity index (χ2n) is 5.70. The van der Waals surface area contributed by atoms with Crippen molar-refractivity contribution in [3.05, 3.63) is 62.9 Å². The van der Waals surface area contributed by atoms with Crippen molar-refractivity contribution in [2.75, 3.05) is 11.9 Å². The quantitative estimate of drug-likeness (QED) is 0.836. The largest absolute Gasteiger partial charge is 0.324 e. The topological polar surface area (TPSA) is 41.5 Å². The fraction of sp³-hybridized carbons (Fsp3) is 0.222. The fourth-order valence-electron chi connectivity index (χ4n) is 2.75. The second-order valence-corrected chi connectivity index (χ2v) is 6.14. The van der Waals surface area contributed by atoms with Crippen LogP contribution in [0.4, 0.5) is 10.1 Å². The number of aliphatic imine (C=N–C) groups is 1. The van der Waals surface area contributed by atoms with Crippen molar-refractivity contribution in [1.82, 2.24) is 0 Å². The van der Waals surface area contributed by atoms with Gasteiger partial charge in [0.05, 0.1) is 11.4 Å². The number of halogens is 2. The molecule has 0 fully saturated rings. The van der Waals surface area contributed by atoms with E-state index in [2.05, 4.69) is 10.3 Å². The summed E-state index contributed by atoms with van der Waals surface area (Å²) in [6.07, 6.45) is 0. The van der Waals surface area contributed by atoms with Gasteiger partial charge in [0.1, 0.15) is 12.4 Å². The van der Waals surface area contributed by atoms with Crippen LogP contribution in [0.3, 0.4) is 0 Å². The Morgan fingerprint density at radius 3 is 2.61 bits per heavy atom. The number of amides is 1. The summed E-state index contributed by atoms with van der Waals surface area (Å²) in [5, 5.41) is 3.31. The van der Waals surface area contributed by atoms with Gasteiger partial charge in [-0.05, 0) is 61.7 Å². The van der Waals surface area contributed by atoms with Crippen LogP contribution in [0.2, 0.25) is 5.02 Å². The molecule has 0 bridgehead atoms. The van der Waals surface area contributed by atoms with E-state index in [1.165, 1.54) is 12.1 Å². The van der Waals surface area contributed by atoms with Gasteiger partial charge in [0, 0.05) is 16.1 Å². The number of nitrogens with zero attached hydrogens (tertiary/aromatic N) is 1. The maximum atomic E-state index is 14.3. The number of hydrogen-bond acceptors (Lipinski definition) is 2. The molecule has 1 heterocycles. The van der Waals surface area contributed by atoms with E-state index in [1.807, 2.05) is 26.8 Å². The lowest BCUT2D eigenvalue weighted by molar-refractivity contribution is -0.114. The van der Waals surface area contributed by atoms with E-state index in [9.17, 15) is 9.18 Å². The maximum absolute atomic E-state index is 14.3. The van der Waals surface area contributed by atoms with Crippen LogP contribution in [0.1, 0.15) is 27.8 Å². The molecule has 0 saturated heterocycles. The molecular weight excluding hydrogens is 315 g/mol. The summed E-state index contributed by atoms with van der Waals surface area (Å²) in [6, 6.07) is 6.28. The Morgan fingerprint density at radius 2 is 1.87 bits per heavy atom. The van der Waals surface area contributed by atoms with Crippen LogP contribution in [0, 0.1) is 26.6 Å². The first kappa shape index (κ1) is 15.7. The Balaban J connectivity index is 2.31. The average molecular weight is 331 g/mol. The number of fused-ring (bicyclic) bond motifs is 1. The van der Waals surface area contributed by atoms with Crippen molar-refractivity contribution < 1.29 is 9.18 Å². The molecule has 0 atom stereocenters. The molecule has 0 saturated carbocycles. The number of nitrogens with one attached hydrogen (secondary N) is 1. The van der Waals surface area contributed by atoms with E-state index in [0.29, 0.717) is 22.0 Å². The summed E-state index contributed by atoms with van der Waals surface area (Å²) in [5.74, 6) is -0.626. The Bertz CT molecular complexity index is 859. The third-order valence-corrected chi connectivity index (χ3v) is 4.48. The first-order valence-corrected chi connectivity index (χ1v) is 7.67. The predicted octanol–water partition coefficient (Wildman–Crippen LogP) is 4.19. The number of benzodiazepines with no additional fused rings is 1. The lowest BCUT2D eigenvalue weighted by Gasteiger charge is -2.17. The lowest BCUT2D eigenvalue weighted by atomic mass is 9.92. The molecule has 1 aliphatic heterocycles. The minimum absolute atomic E-state index is 0.0481. The van der Waals surface area contributed by atoms with E-state index in [-0.39, 0.29) is 12.5 Å². The zero-order valence-corrected chi connectivity index (χ0v) is 13.9. The van der Waals surface area contributed by atoms with E-state index in [1.54, 1.807) is 6.07 Å². The Hall–Kier alpha value is -2.20. The number of carbonyl (C=O) groups excluding carboxylic acids is 1. The highest BCUT2D eigenvalue weighted by molar-refractivity contribution is 6.31. The van der Waals surface area contributed by atoms with E-state index < -0.39 is 5.82 Å². The molecular formula is C18H16ClFN2O. The average Bonchev–Trinajstić information content (AvgIpc) is 2.67. The van der Waals surface area contributed by atoms with Crippen molar-refractivity contribution in [2.45, 2.75) is 20.8 Å². The van der Waals surface area contributed by atoms with E-state index >= 15 is 0 Å². The van der Waals surface area contributed by atoms with Gasteiger partial charge in [0.2, 0.25) is 5.91 Å². The highest BCUT2D eigenvalue weighted by Gasteiger charge is 2.23. The minimum atomic E-state index is -0.413. The highest BCUT2D eigenvalue weighted by Crippen LogP contribution is 2.31. The molecule has 0 aliphatic carbocycles. The normalized spacial score (nSPS) is 14.0. The zero-order chi connectivity index (χ0) is 16.7. The molecule has 118 valence electrons. The number of hydrogen-bond donors (Lipinski definition) is 1. The fourth-order valence-corrected chi connectivity index (χ4v) is 2.93. The summed E-state index contributed by atoms with van der Waals surface area (Å²) in [5.41, 5.74) is 5.28. The molecule has 1 aliphatic rings. The third kappa shape index (κ3) is 2.75. The predicted molar refractivity (Wildman–Crippen MR) is 91.2 cm³/mol. The number of rotatable bonds is 1. The molecule has 1 amide bonds. The molecule has 23 heavy (non-hydrogen) atoms. The van der Waals surface area contributed by atoms with Crippen molar-refractivity contribution in [1.29, 1.82) is 0 Å². The standard InChI is InChI=1S/C18H16ClFN2O/c1-9-6-14-17(11(3)10(9)2)22-16(23)8-21-18(14)13-7-12(19)4-5-15(13)20/h4-7H,8H2,1-3H3,(H,22,23). The van der Waals surface area contributed by atoms with Gasteiger partial charge in [0.15, 0.2) is 0 Å². The van der Waals surface area contributed by atoms with Crippen LogP contribution in [-0.4, -0.2) is 18.2 Å². The number of benzene rings is 2. The van der Waals surface area contributed by atoms with E-state index in [0.717, 1.165) is 22.3 Å². The van der Waals surface area contributed by atoms with Gasteiger partial charge in [-0.15, -0.1) is 0 Å². The van der Waals surface area contributed by atoms with Crippen LogP contribution >= 0.6 is 11.6 Å². The second kappa shape index (κ2) is 5.78. The Kier molecular flexibility index (Phi) is 3.94. The van der Waals surface area contributed by atoms with E-state index in [4.69, 9.17) is 11.6 Å². The first-order valence-electron chi connectivity index (χ1n) is 7.29. The molecule has 3 nitrogen and oxygen atoms in total. The van der Waals surface area contributed by atoms with Gasteiger partial charge >= 0.3 is 0 Å². The summed E-state index contributed by atoms with van der Waals surface area (Å²) >= 11 is 6.02. The molecule has 3 rings (SSSR count). The highest BCUT2D eigenvalue weighted by atomic mass is 35.5. The number of anilines is 1. The summed E-state index contributed by atoms with van der Waals surface area (Å²) in [6.45, 7) is 5.88. The number of carbonyl (C=O) groups is 1. The number of aryl methyl sites for hydroxylation is 1. The zero-order valence-electron chi connectivity index (χ0n) is 13.1. The lowest BCUT2D eigenvalue weighted by Crippen LogP contribution is -2.15. The smallest absolute Gasteiger partial charge is 0.246 e. The first-order chi connectivity index (χ1) is 10.9. The van der Waals surface area contributed by atoms with Gasteiger partial charge < -0.3 is 5.32 Å². The molecule has 2 aromatic carbocycles. The minimum Gasteiger partial charge on any atom is -0.324 e. The van der Waals surface area contributed by atoms with Crippen molar-refractivity contribution >= 4 is 28.9 Å². The molecule has 0 spiro atoms. The van der Waals surface area contributed by atoms with Gasteiger partial charge in [-0.3, -0.25) is 9.79 Å². The van der Waals surface area contributed by atoms with Gasteiger partial charge in [-0.2, -0.15) is 0 Å². The maximum Gasteiger partial charge on any atom is 0.246 e. The van der Waals surface area contributed by atoms with Crippen LogP contribution in [0.15, 0.2) is 29.3 Å². The van der Waals surface area contributed by atoms with Crippen molar-refractivity contribution in [2.24, 2.45) is 4.99 Å². The molecule has 0 unspecified atom stereocenters.